The summed E-state index contributed by atoms with van der Waals surface area (Å²) in [6.07, 6.45) is 3.47. The van der Waals surface area contributed by atoms with E-state index in [0.29, 0.717) is 29.1 Å². The van der Waals surface area contributed by atoms with E-state index >= 15 is 0 Å². The summed E-state index contributed by atoms with van der Waals surface area (Å²) in [5, 5.41) is 7.56. The highest BCUT2D eigenvalue weighted by atomic mass is 16.5. The van der Waals surface area contributed by atoms with Crippen LogP contribution < -0.4 is 15.8 Å². The Morgan fingerprint density at radius 3 is 2.92 bits per heavy atom. The topological polar surface area (TPSA) is 99.2 Å². The van der Waals surface area contributed by atoms with Gasteiger partial charge in [0.1, 0.15) is 23.2 Å². The number of nitrogens with zero attached hydrogens (tertiary/aromatic N) is 2. The molecule has 25 heavy (non-hydrogen) atoms. The Morgan fingerprint density at radius 1 is 1.36 bits per heavy atom. The number of aromatic nitrogens is 2. The van der Waals surface area contributed by atoms with Gasteiger partial charge in [0.15, 0.2) is 5.78 Å². The molecule has 1 aromatic carbocycles. The van der Waals surface area contributed by atoms with Gasteiger partial charge < -0.3 is 15.8 Å². The number of para-hydroxylation sites is 1. The molecule has 1 aliphatic carbocycles. The van der Waals surface area contributed by atoms with E-state index in [-0.39, 0.29) is 5.78 Å². The van der Waals surface area contributed by atoms with Gasteiger partial charge in [0.05, 0.1) is 13.3 Å². The third-order valence-corrected chi connectivity index (χ3v) is 4.74. The summed E-state index contributed by atoms with van der Waals surface area (Å²) in [7, 11) is 1.59. The van der Waals surface area contributed by atoms with Crippen LogP contribution in [0.15, 0.2) is 41.7 Å². The maximum Gasteiger partial charge on any atom is 0.254 e. The van der Waals surface area contributed by atoms with Crippen LogP contribution >= 0.6 is 0 Å². The average molecular weight is 338 g/mol. The van der Waals surface area contributed by atoms with Crippen molar-refractivity contribution < 1.29 is 14.3 Å². The highest BCUT2D eigenvalue weighted by molar-refractivity contribution is 6.02. The lowest BCUT2D eigenvalue weighted by Gasteiger charge is -2.33. The molecule has 1 aromatic heterocycles. The molecule has 0 saturated carbocycles. The number of ether oxygens (including phenoxy) is 1. The van der Waals surface area contributed by atoms with Crippen LogP contribution in [0.2, 0.25) is 0 Å². The van der Waals surface area contributed by atoms with E-state index < -0.39 is 11.9 Å². The first-order chi connectivity index (χ1) is 12.1. The van der Waals surface area contributed by atoms with Crippen LogP contribution in [0.4, 0.5) is 5.82 Å². The summed E-state index contributed by atoms with van der Waals surface area (Å²) < 4.78 is 7.15. The molecule has 1 aliphatic heterocycles. The van der Waals surface area contributed by atoms with E-state index in [9.17, 15) is 9.59 Å². The first-order valence-electron chi connectivity index (χ1n) is 8.15. The van der Waals surface area contributed by atoms with E-state index in [0.717, 1.165) is 24.1 Å². The van der Waals surface area contributed by atoms with Gasteiger partial charge in [-0.3, -0.25) is 9.59 Å². The zero-order valence-electron chi connectivity index (χ0n) is 13.8. The number of amides is 1. The molecular formula is C18H18N4O3. The van der Waals surface area contributed by atoms with Gasteiger partial charge >= 0.3 is 0 Å². The van der Waals surface area contributed by atoms with E-state index in [1.807, 2.05) is 24.3 Å². The number of ketones is 1. The normalized spacial score (nSPS) is 19.1. The number of rotatable bonds is 3. The number of nitrogens with two attached hydrogens (primary N) is 1. The second-order valence-electron chi connectivity index (χ2n) is 6.15. The number of benzene rings is 1. The van der Waals surface area contributed by atoms with Gasteiger partial charge in [-0.15, -0.1) is 0 Å². The summed E-state index contributed by atoms with van der Waals surface area (Å²) in [6.45, 7) is 0. The van der Waals surface area contributed by atoms with Crippen LogP contribution in [-0.2, 0) is 4.79 Å². The quantitative estimate of drug-likeness (QED) is 0.892. The van der Waals surface area contributed by atoms with Gasteiger partial charge in [-0.2, -0.15) is 5.10 Å². The first-order valence-corrected chi connectivity index (χ1v) is 8.15. The summed E-state index contributed by atoms with van der Waals surface area (Å²) in [4.78, 5) is 24.4. The van der Waals surface area contributed by atoms with Crippen molar-refractivity contribution in [3.05, 3.63) is 52.9 Å². The van der Waals surface area contributed by atoms with Gasteiger partial charge in [0.25, 0.3) is 5.91 Å². The lowest BCUT2D eigenvalue weighted by molar-refractivity contribution is -0.116. The predicted molar refractivity (Wildman–Crippen MR) is 91.4 cm³/mol. The second kappa shape index (κ2) is 5.77. The van der Waals surface area contributed by atoms with Gasteiger partial charge in [-0.1, -0.05) is 18.2 Å². The first kappa shape index (κ1) is 15.4. The Kier molecular flexibility index (Phi) is 3.56. The van der Waals surface area contributed by atoms with Crippen molar-refractivity contribution >= 4 is 17.5 Å². The summed E-state index contributed by atoms with van der Waals surface area (Å²) >= 11 is 0. The van der Waals surface area contributed by atoms with Crippen LogP contribution in [0.1, 0.15) is 41.2 Å². The SMILES string of the molecule is COc1ccccc1[C@H]1C2=C(CCCC2=O)Nc2c(C(N)=O)cnn21. The van der Waals surface area contributed by atoms with E-state index in [1.165, 1.54) is 6.20 Å². The Bertz CT molecular complexity index is 913. The number of carbonyl (C=O) groups is 2. The van der Waals surface area contributed by atoms with Gasteiger partial charge in [-0.25, -0.2) is 4.68 Å². The van der Waals surface area contributed by atoms with Crippen LogP contribution in [0.25, 0.3) is 0 Å². The molecule has 128 valence electrons. The maximum absolute atomic E-state index is 12.7. The minimum Gasteiger partial charge on any atom is -0.496 e. The molecule has 0 radical (unpaired) electrons. The standard InChI is InChI=1S/C18H18N4O3/c1-25-14-8-3-2-5-10(14)16-15-12(6-4-7-13(15)23)21-18-11(17(19)24)9-20-22(16)18/h2-3,5,8-9,16,21H,4,6-7H2,1H3,(H2,19,24)/t16-/m0/s1. The number of hydrogen-bond acceptors (Lipinski definition) is 5. The maximum atomic E-state index is 12.7. The number of allylic oxidation sites excluding steroid dienone is 2. The number of nitrogens with one attached hydrogen (secondary N) is 1. The highest BCUT2D eigenvalue weighted by Gasteiger charge is 2.38. The fourth-order valence-electron chi connectivity index (χ4n) is 3.62. The largest absolute Gasteiger partial charge is 0.496 e. The van der Waals surface area contributed by atoms with Crippen molar-refractivity contribution in [1.29, 1.82) is 0 Å². The smallest absolute Gasteiger partial charge is 0.254 e. The summed E-state index contributed by atoms with van der Waals surface area (Å²) in [5.74, 6) is 0.726. The van der Waals surface area contributed by atoms with Crippen LogP contribution in [0.5, 0.6) is 5.75 Å². The molecule has 0 bridgehead atoms. The minimum absolute atomic E-state index is 0.0893. The Hall–Kier alpha value is -3.09. The number of fused-ring (bicyclic) bond motifs is 1. The molecule has 2 aliphatic rings. The predicted octanol–water partition coefficient (Wildman–Crippen LogP) is 2.01. The Morgan fingerprint density at radius 2 is 2.16 bits per heavy atom. The van der Waals surface area contributed by atoms with Crippen molar-refractivity contribution in [2.24, 2.45) is 5.73 Å². The Labute approximate surface area is 144 Å². The summed E-state index contributed by atoms with van der Waals surface area (Å²) in [6, 6.07) is 7.09. The van der Waals surface area contributed by atoms with Crippen molar-refractivity contribution in [1.82, 2.24) is 9.78 Å². The van der Waals surface area contributed by atoms with E-state index in [1.54, 1.807) is 11.8 Å². The number of Topliss-reactive ketones (excluding diaryl/α,β-unsaturated/α-hetero) is 1. The minimum atomic E-state index is -0.557. The molecule has 0 spiro atoms. The van der Waals surface area contributed by atoms with Crippen molar-refractivity contribution in [3.63, 3.8) is 0 Å². The third kappa shape index (κ3) is 2.31. The number of anilines is 1. The molecule has 7 nitrogen and oxygen atoms in total. The van der Waals surface area contributed by atoms with Gasteiger partial charge in [0, 0.05) is 23.3 Å². The fraction of sp³-hybridized carbons (Fsp3) is 0.278. The highest BCUT2D eigenvalue weighted by Crippen LogP contribution is 2.43. The van der Waals surface area contributed by atoms with Crippen LogP contribution in [0, 0.1) is 0 Å². The lowest BCUT2D eigenvalue weighted by atomic mass is 9.85. The molecule has 0 unspecified atom stereocenters. The molecule has 2 heterocycles. The van der Waals surface area contributed by atoms with Crippen molar-refractivity contribution in [3.8, 4) is 5.75 Å². The molecule has 3 N–H and O–H groups in total. The molecule has 2 aromatic rings. The average Bonchev–Trinajstić information content (AvgIpc) is 3.04. The molecule has 1 amide bonds. The number of hydrogen-bond donors (Lipinski definition) is 2. The van der Waals surface area contributed by atoms with Crippen LogP contribution in [0.3, 0.4) is 0 Å². The number of primary amides is 1. The molecule has 1 atom stereocenters. The van der Waals surface area contributed by atoms with Crippen molar-refractivity contribution in [2.45, 2.75) is 25.3 Å². The zero-order valence-corrected chi connectivity index (χ0v) is 13.8. The van der Waals surface area contributed by atoms with Gasteiger partial charge in [-0.05, 0) is 18.9 Å². The van der Waals surface area contributed by atoms with Crippen LogP contribution in [-0.4, -0.2) is 28.6 Å². The third-order valence-electron chi connectivity index (χ3n) is 4.74. The van der Waals surface area contributed by atoms with E-state index in [4.69, 9.17) is 10.5 Å². The lowest BCUT2D eigenvalue weighted by Crippen LogP contribution is -2.32. The molecule has 7 heteroatoms. The molecular weight excluding hydrogens is 320 g/mol. The molecule has 4 rings (SSSR count). The molecule has 0 saturated heterocycles. The monoisotopic (exact) mass is 338 g/mol. The van der Waals surface area contributed by atoms with Gasteiger partial charge in [0.2, 0.25) is 0 Å². The number of methoxy groups -OCH3 is 1. The fourth-order valence-corrected chi connectivity index (χ4v) is 3.62. The summed E-state index contributed by atoms with van der Waals surface area (Å²) in [5.41, 5.74) is 8.13. The second-order valence-corrected chi connectivity index (χ2v) is 6.15. The van der Waals surface area contributed by atoms with E-state index in [2.05, 4.69) is 10.4 Å². The molecule has 0 fully saturated rings. The Balaban J connectivity index is 1.97. The number of carbonyl (C=O) groups excluding carboxylic acids is 2. The zero-order chi connectivity index (χ0) is 17.6. The van der Waals surface area contributed by atoms with Crippen molar-refractivity contribution in [2.75, 3.05) is 12.4 Å².